The highest BCUT2D eigenvalue weighted by molar-refractivity contribution is 5.90. The molecular weight excluding hydrogens is 416 g/mol. The van der Waals surface area contributed by atoms with Crippen molar-refractivity contribution in [2.45, 2.75) is 26.3 Å². The van der Waals surface area contributed by atoms with E-state index in [-0.39, 0.29) is 17.7 Å². The van der Waals surface area contributed by atoms with Crippen molar-refractivity contribution >= 4 is 28.5 Å². The predicted octanol–water partition coefficient (Wildman–Crippen LogP) is 2.47. The highest BCUT2D eigenvalue weighted by atomic mass is 16.2. The molecule has 170 valence electrons. The molecule has 0 spiro atoms. The van der Waals surface area contributed by atoms with Crippen LogP contribution in [0.4, 0.5) is 5.82 Å². The molecule has 2 N–H and O–H groups in total. The monoisotopic (exact) mass is 444 g/mol. The van der Waals surface area contributed by atoms with E-state index in [4.69, 9.17) is 0 Å². The summed E-state index contributed by atoms with van der Waals surface area (Å²) in [6.07, 6.45) is 4.00. The summed E-state index contributed by atoms with van der Waals surface area (Å²) in [5.41, 5.74) is 2.53. The Morgan fingerprint density at radius 2 is 1.91 bits per heavy atom. The summed E-state index contributed by atoms with van der Waals surface area (Å²) in [5.74, 6) is 0.207. The van der Waals surface area contributed by atoms with Crippen molar-refractivity contribution in [3.05, 3.63) is 59.9 Å². The van der Waals surface area contributed by atoms with E-state index in [1.807, 2.05) is 49.2 Å². The number of hydrogen-bond donors (Lipinski definition) is 2. The standard InChI is InChI=1S/C25H28N6O2/c1-17(2)24(32)29-22(14-19-16-28-21-8-4-3-7-20(19)21)25(33)31-12-10-30(11-13-31)23-18(15-26)6-5-9-27-23/h3-9,16-17,22,28H,10-14H2,1-2H3,(H,29,32). The highest BCUT2D eigenvalue weighted by Gasteiger charge is 2.30. The molecule has 1 atom stereocenters. The third-order valence-corrected chi connectivity index (χ3v) is 6.04. The lowest BCUT2D eigenvalue weighted by molar-refractivity contribution is -0.137. The van der Waals surface area contributed by atoms with Gasteiger partial charge < -0.3 is 20.1 Å². The molecule has 0 saturated carbocycles. The third-order valence-electron chi connectivity index (χ3n) is 6.04. The number of piperazine rings is 1. The number of anilines is 1. The lowest BCUT2D eigenvalue weighted by Crippen LogP contribution is -2.56. The van der Waals surface area contributed by atoms with E-state index in [1.54, 1.807) is 23.2 Å². The van der Waals surface area contributed by atoms with Crippen LogP contribution in [-0.4, -0.2) is 58.9 Å². The van der Waals surface area contributed by atoms with Gasteiger partial charge in [-0.1, -0.05) is 32.0 Å². The molecule has 3 aromatic rings. The SMILES string of the molecule is CC(C)C(=O)NC(Cc1c[nH]c2ccccc12)C(=O)N1CCN(c2ncccc2C#N)CC1. The second kappa shape index (κ2) is 9.74. The molecule has 8 nitrogen and oxygen atoms in total. The minimum absolute atomic E-state index is 0.0875. The van der Waals surface area contributed by atoms with Crippen molar-refractivity contribution in [2.24, 2.45) is 5.92 Å². The van der Waals surface area contributed by atoms with Gasteiger partial charge in [0.05, 0.1) is 5.56 Å². The zero-order valence-electron chi connectivity index (χ0n) is 18.9. The Hall–Kier alpha value is -3.86. The van der Waals surface area contributed by atoms with Crippen LogP contribution >= 0.6 is 0 Å². The summed E-state index contributed by atoms with van der Waals surface area (Å²) in [4.78, 5) is 37.4. The van der Waals surface area contributed by atoms with Crippen molar-refractivity contribution in [2.75, 3.05) is 31.1 Å². The molecule has 1 aliphatic heterocycles. The molecule has 2 amide bonds. The van der Waals surface area contributed by atoms with Crippen LogP contribution in [0.15, 0.2) is 48.8 Å². The molecular formula is C25H28N6O2. The Balaban J connectivity index is 1.49. The number of carbonyl (C=O) groups is 2. The molecule has 2 aromatic heterocycles. The number of amides is 2. The summed E-state index contributed by atoms with van der Waals surface area (Å²) in [6, 6.07) is 13.0. The molecule has 33 heavy (non-hydrogen) atoms. The van der Waals surface area contributed by atoms with Crippen LogP contribution in [0.2, 0.25) is 0 Å². The van der Waals surface area contributed by atoms with E-state index < -0.39 is 6.04 Å². The number of nitrogens with one attached hydrogen (secondary N) is 2. The minimum Gasteiger partial charge on any atom is -0.361 e. The molecule has 1 aromatic carbocycles. The van der Waals surface area contributed by atoms with Gasteiger partial charge >= 0.3 is 0 Å². The Labute approximate surface area is 193 Å². The molecule has 4 rings (SSSR count). The van der Waals surface area contributed by atoms with E-state index in [2.05, 4.69) is 21.4 Å². The van der Waals surface area contributed by atoms with E-state index in [1.165, 1.54) is 0 Å². The summed E-state index contributed by atoms with van der Waals surface area (Å²) >= 11 is 0. The highest BCUT2D eigenvalue weighted by Crippen LogP contribution is 2.21. The first-order valence-electron chi connectivity index (χ1n) is 11.2. The van der Waals surface area contributed by atoms with Crippen molar-refractivity contribution < 1.29 is 9.59 Å². The number of carbonyl (C=O) groups excluding carboxylic acids is 2. The predicted molar refractivity (Wildman–Crippen MR) is 127 cm³/mol. The quantitative estimate of drug-likeness (QED) is 0.608. The Bertz CT molecular complexity index is 1190. The van der Waals surface area contributed by atoms with Crippen LogP contribution in [0, 0.1) is 17.2 Å². The van der Waals surface area contributed by atoms with Gasteiger partial charge in [0.25, 0.3) is 0 Å². The average Bonchev–Trinajstić information content (AvgIpc) is 3.26. The van der Waals surface area contributed by atoms with Gasteiger partial charge in [-0.15, -0.1) is 0 Å². The number of fused-ring (bicyclic) bond motifs is 1. The summed E-state index contributed by atoms with van der Waals surface area (Å²) in [5, 5.41) is 13.4. The molecule has 3 heterocycles. The molecule has 1 unspecified atom stereocenters. The van der Waals surface area contributed by atoms with Crippen LogP contribution in [0.5, 0.6) is 0 Å². The fourth-order valence-corrected chi connectivity index (χ4v) is 4.15. The first kappa shape index (κ1) is 22.3. The number of hydrogen-bond acceptors (Lipinski definition) is 5. The van der Waals surface area contributed by atoms with Crippen molar-refractivity contribution in [1.29, 1.82) is 5.26 Å². The first-order chi connectivity index (χ1) is 16.0. The van der Waals surface area contributed by atoms with Gasteiger partial charge in [-0.25, -0.2) is 4.98 Å². The molecule has 8 heteroatoms. The smallest absolute Gasteiger partial charge is 0.245 e. The number of rotatable bonds is 6. The number of aromatic nitrogens is 2. The van der Waals surface area contributed by atoms with Crippen LogP contribution in [-0.2, 0) is 16.0 Å². The summed E-state index contributed by atoms with van der Waals surface area (Å²) in [7, 11) is 0. The second-order valence-corrected chi connectivity index (χ2v) is 8.58. The zero-order valence-corrected chi connectivity index (χ0v) is 18.9. The average molecular weight is 445 g/mol. The summed E-state index contributed by atoms with van der Waals surface area (Å²) < 4.78 is 0. The maximum absolute atomic E-state index is 13.5. The summed E-state index contributed by atoms with van der Waals surface area (Å²) in [6.45, 7) is 5.80. The van der Waals surface area contributed by atoms with Gasteiger partial charge in [0, 0.05) is 61.8 Å². The van der Waals surface area contributed by atoms with Gasteiger partial charge in [0.2, 0.25) is 11.8 Å². The largest absolute Gasteiger partial charge is 0.361 e. The lowest BCUT2D eigenvalue weighted by atomic mass is 10.0. The van der Waals surface area contributed by atoms with Gasteiger partial charge in [-0.05, 0) is 23.8 Å². The zero-order chi connectivity index (χ0) is 23.4. The molecule has 1 fully saturated rings. The van der Waals surface area contributed by atoms with E-state index >= 15 is 0 Å². The van der Waals surface area contributed by atoms with Gasteiger partial charge in [-0.3, -0.25) is 9.59 Å². The number of benzene rings is 1. The fourth-order valence-electron chi connectivity index (χ4n) is 4.15. The van der Waals surface area contributed by atoms with E-state index in [0.717, 1.165) is 16.5 Å². The van der Waals surface area contributed by atoms with E-state index in [9.17, 15) is 14.9 Å². The molecule has 0 aliphatic carbocycles. The topological polar surface area (TPSA) is 105 Å². The van der Waals surface area contributed by atoms with Crippen LogP contribution in [0.1, 0.15) is 25.0 Å². The van der Waals surface area contributed by atoms with Gasteiger partial charge in [0.1, 0.15) is 17.9 Å². The number of H-pyrrole nitrogens is 1. The van der Waals surface area contributed by atoms with Crippen molar-refractivity contribution in [3.8, 4) is 6.07 Å². The Morgan fingerprint density at radius 3 is 2.64 bits per heavy atom. The van der Waals surface area contributed by atoms with Gasteiger partial charge in [0.15, 0.2) is 0 Å². The number of para-hydroxylation sites is 1. The molecule has 0 radical (unpaired) electrons. The van der Waals surface area contributed by atoms with Gasteiger partial charge in [-0.2, -0.15) is 5.26 Å². The Morgan fingerprint density at radius 1 is 1.15 bits per heavy atom. The normalized spacial score (nSPS) is 14.8. The lowest BCUT2D eigenvalue weighted by Gasteiger charge is -2.37. The number of nitrogens with zero attached hydrogens (tertiary/aromatic N) is 4. The number of nitriles is 1. The molecule has 0 bridgehead atoms. The van der Waals surface area contributed by atoms with Crippen molar-refractivity contribution in [3.63, 3.8) is 0 Å². The Kier molecular flexibility index (Phi) is 6.59. The van der Waals surface area contributed by atoms with Crippen LogP contribution in [0.3, 0.4) is 0 Å². The van der Waals surface area contributed by atoms with Crippen LogP contribution in [0.25, 0.3) is 10.9 Å². The third kappa shape index (κ3) is 4.82. The van der Waals surface area contributed by atoms with Crippen LogP contribution < -0.4 is 10.2 Å². The maximum atomic E-state index is 13.5. The molecule has 1 saturated heterocycles. The maximum Gasteiger partial charge on any atom is 0.245 e. The number of aromatic amines is 1. The van der Waals surface area contributed by atoms with E-state index in [0.29, 0.717) is 44.0 Å². The second-order valence-electron chi connectivity index (χ2n) is 8.58. The van der Waals surface area contributed by atoms with Crippen molar-refractivity contribution in [1.82, 2.24) is 20.2 Å². The fraction of sp³-hybridized carbons (Fsp3) is 0.360. The number of pyridine rings is 1. The minimum atomic E-state index is -0.643. The first-order valence-corrected chi connectivity index (χ1v) is 11.2. The molecule has 1 aliphatic rings.